The molecule has 0 saturated carbocycles. The summed E-state index contributed by atoms with van der Waals surface area (Å²) in [5.74, 6) is -0.504. The molecular weight excluding hydrogens is 240 g/mol. The third kappa shape index (κ3) is 14.8. The van der Waals surface area contributed by atoms with Gasteiger partial charge in [0.1, 0.15) is 0 Å². The molecule has 110 valence electrons. The molecule has 0 heterocycles. The molecule has 0 aliphatic heterocycles. The molecule has 3 nitrogen and oxygen atoms in total. The molecule has 0 rings (SSSR count). The van der Waals surface area contributed by atoms with Crippen LogP contribution in [0.4, 0.5) is 0 Å². The van der Waals surface area contributed by atoms with Crippen molar-refractivity contribution < 1.29 is 14.7 Å². The Bertz CT molecular complexity index is 269. The highest BCUT2D eigenvalue weighted by Gasteiger charge is 1.97. The van der Waals surface area contributed by atoms with Crippen molar-refractivity contribution in [3.8, 4) is 0 Å². The Morgan fingerprint density at radius 3 is 2.21 bits per heavy atom. The maximum Gasteiger partial charge on any atom is 0.303 e. The Labute approximate surface area is 117 Å². The number of rotatable bonds is 13. The van der Waals surface area contributed by atoms with Crippen molar-refractivity contribution in [1.29, 1.82) is 0 Å². The first-order valence-corrected chi connectivity index (χ1v) is 7.58. The smallest absolute Gasteiger partial charge is 0.303 e. The SMILES string of the molecule is CCCCCCCC(=O)C=CCCCCCC(=O)O. The van der Waals surface area contributed by atoms with E-state index in [2.05, 4.69) is 6.92 Å². The quantitative estimate of drug-likeness (QED) is 0.395. The average molecular weight is 268 g/mol. The van der Waals surface area contributed by atoms with Gasteiger partial charge >= 0.3 is 5.97 Å². The van der Waals surface area contributed by atoms with Crippen LogP contribution in [0.3, 0.4) is 0 Å². The molecule has 0 aromatic carbocycles. The molecule has 0 atom stereocenters. The number of hydrogen-bond donors (Lipinski definition) is 1. The van der Waals surface area contributed by atoms with E-state index >= 15 is 0 Å². The van der Waals surface area contributed by atoms with Gasteiger partial charge in [0.05, 0.1) is 0 Å². The topological polar surface area (TPSA) is 54.4 Å². The minimum absolute atomic E-state index is 0.224. The van der Waals surface area contributed by atoms with Gasteiger partial charge in [-0.3, -0.25) is 9.59 Å². The standard InChI is InChI=1S/C16H28O3/c1-2-3-4-6-9-12-15(17)13-10-7-5-8-11-14-16(18)19/h10,13H,2-9,11-12,14H2,1H3,(H,18,19). The van der Waals surface area contributed by atoms with Crippen molar-refractivity contribution in [2.24, 2.45) is 0 Å². The summed E-state index contributed by atoms with van der Waals surface area (Å²) in [6.45, 7) is 2.18. The normalized spacial score (nSPS) is 11.0. The molecule has 0 amide bonds. The minimum atomic E-state index is -0.728. The fraction of sp³-hybridized carbons (Fsp3) is 0.750. The van der Waals surface area contributed by atoms with E-state index in [1.54, 1.807) is 6.08 Å². The summed E-state index contributed by atoms with van der Waals surface area (Å²) in [5.41, 5.74) is 0. The zero-order valence-electron chi connectivity index (χ0n) is 12.2. The molecule has 0 bridgehead atoms. The van der Waals surface area contributed by atoms with E-state index in [0.717, 1.165) is 38.5 Å². The Kier molecular flexibility index (Phi) is 12.5. The molecule has 0 aliphatic carbocycles. The number of hydrogen-bond acceptors (Lipinski definition) is 2. The van der Waals surface area contributed by atoms with Gasteiger partial charge in [-0.05, 0) is 31.8 Å². The van der Waals surface area contributed by atoms with Gasteiger partial charge in [-0.2, -0.15) is 0 Å². The molecule has 0 aliphatic rings. The molecule has 0 saturated heterocycles. The number of carbonyl (C=O) groups is 2. The van der Waals surface area contributed by atoms with Crippen LogP contribution in [0.25, 0.3) is 0 Å². The molecule has 0 radical (unpaired) electrons. The third-order valence-corrected chi connectivity index (χ3v) is 3.09. The van der Waals surface area contributed by atoms with Crippen LogP contribution in [0.2, 0.25) is 0 Å². The van der Waals surface area contributed by atoms with Gasteiger partial charge in [0.15, 0.2) is 5.78 Å². The fourth-order valence-electron chi connectivity index (χ4n) is 1.92. The summed E-state index contributed by atoms with van der Waals surface area (Å²) < 4.78 is 0. The van der Waals surface area contributed by atoms with Crippen molar-refractivity contribution >= 4 is 11.8 Å². The van der Waals surface area contributed by atoms with Crippen molar-refractivity contribution in [2.75, 3.05) is 0 Å². The average Bonchev–Trinajstić information content (AvgIpc) is 2.37. The van der Waals surface area contributed by atoms with Crippen molar-refractivity contribution in [3.63, 3.8) is 0 Å². The van der Waals surface area contributed by atoms with Crippen LogP contribution >= 0.6 is 0 Å². The number of carbonyl (C=O) groups excluding carboxylic acids is 1. The Morgan fingerprint density at radius 1 is 0.895 bits per heavy atom. The third-order valence-electron chi connectivity index (χ3n) is 3.09. The van der Waals surface area contributed by atoms with E-state index in [9.17, 15) is 9.59 Å². The second-order valence-electron chi connectivity index (χ2n) is 5.03. The van der Waals surface area contributed by atoms with Gasteiger partial charge in [0.2, 0.25) is 0 Å². The van der Waals surface area contributed by atoms with E-state index in [-0.39, 0.29) is 12.2 Å². The highest BCUT2D eigenvalue weighted by atomic mass is 16.4. The summed E-state index contributed by atoms with van der Waals surface area (Å²) in [6.07, 6.45) is 13.9. The molecule has 3 heteroatoms. The summed E-state index contributed by atoms with van der Waals surface area (Å²) in [7, 11) is 0. The molecule has 1 N–H and O–H groups in total. The summed E-state index contributed by atoms with van der Waals surface area (Å²) in [6, 6.07) is 0. The van der Waals surface area contributed by atoms with Gasteiger partial charge < -0.3 is 5.11 Å². The van der Waals surface area contributed by atoms with Crippen LogP contribution in [0.1, 0.15) is 77.6 Å². The second-order valence-corrected chi connectivity index (χ2v) is 5.03. The second kappa shape index (κ2) is 13.3. The fourth-order valence-corrected chi connectivity index (χ4v) is 1.92. The van der Waals surface area contributed by atoms with Gasteiger partial charge in [0, 0.05) is 12.8 Å². The van der Waals surface area contributed by atoms with Crippen LogP contribution in [0, 0.1) is 0 Å². The van der Waals surface area contributed by atoms with Crippen LogP contribution in [0.5, 0.6) is 0 Å². The predicted molar refractivity (Wildman–Crippen MR) is 78.2 cm³/mol. The van der Waals surface area contributed by atoms with Crippen molar-refractivity contribution in [3.05, 3.63) is 12.2 Å². The number of carboxylic acid groups (broad SMARTS) is 1. The highest BCUT2D eigenvalue weighted by Crippen LogP contribution is 2.07. The number of carboxylic acids is 1. The van der Waals surface area contributed by atoms with Crippen LogP contribution in [-0.2, 0) is 9.59 Å². The number of unbranched alkanes of at least 4 members (excludes halogenated alkanes) is 7. The van der Waals surface area contributed by atoms with E-state index < -0.39 is 5.97 Å². The molecular formula is C16H28O3. The van der Waals surface area contributed by atoms with Crippen LogP contribution < -0.4 is 0 Å². The van der Waals surface area contributed by atoms with Crippen molar-refractivity contribution in [1.82, 2.24) is 0 Å². The summed E-state index contributed by atoms with van der Waals surface area (Å²) in [4.78, 5) is 21.8. The molecule has 0 unspecified atom stereocenters. The minimum Gasteiger partial charge on any atom is -0.481 e. The predicted octanol–water partition coefficient (Wildman–Crippen LogP) is 4.51. The molecule has 0 fully saturated rings. The first-order valence-electron chi connectivity index (χ1n) is 7.58. The Hall–Kier alpha value is -1.12. The lowest BCUT2D eigenvalue weighted by atomic mass is 10.1. The molecule has 0 aromatic heterocycles. The lowest BCUT2D eigenvalue weighted by Gasteiger charge is -1.98. The van der Waals surface area contributed by atoms with Crippen LogP contribution in [0.15, 0.2) is 12.2 Å². The highest BCUT2D eigenvalue weighted by molar-refractivity contribution is 5.89. The first kappa shape index (κ1) is 17.9. The Balaban J connectivity index is 3.34. The van der Waals surface area contributed by atoms with E-state index in [1.165, 1.54) is 19.3 Å². The molecule has 0 aromatic rings. The monoisotopic (exact) mass is 268 g/mol. The van der Waals surface area contributed by atoms with E-state index in [4.69, 9.17) is 5.11 Å². The van der Waals surface area contributed by atoms with Gasteiger partial charge in [0.25, 0.3) is 0 Å². The number of aliphatic carboxylic acids is 1. The van der Waals surface area contributed by atoms with Gasteiger partial charge in [-0.1, -0.05) is 45.1 Å². The largest absolute Gasteiger partial charge is 0.481 e. The lowest BCUT2D eigenvalue weighted by molar-refractivity contribution is -0.137. The molecule has 0 spiro atoms. The number of allylic oxidation sites excluding steroid dienone is 2. The van der Waals surface area contributed by atoms with Crippen molar-refractivity contribution in [2.45, 2.75) is 77.6 Å². The van der Waals surface area contributed by atoms with E-state index in [0.29, 0.717) is 6.42 Å². The van der Waals surface area contributed by atoms with Crippen LogP contribution in [-0.4, -0.2) is 16.9 Å². The lowest BCUT2D eigenvalue weighted by Crippen LogP contribution is -1.93. The van der Waals surface area contributed by atoms with E-state index in [1.807, 2.05) is 6.08 Å². The summed E-state index contributed by atoms with van der Waals surface area (Å²) in [5, 5.41) is 8.47. The maximum absolute atomic E-state index is 11.5. The van der Waals surface area contributed by atoms with Gasteiger partial charge in [-0.25, -0.2) is 0 Å². The molecule has 19 heavy (non-hydrogen) atoms. The zero-order chi connectivity index (χ0) is 14.3. The maximum atomic E-state index is 11.5. The Morgan fingerprint density at radius 2 is 1.53 bits per heavy atom. The zero-order valence-corrected chi connectivity index (χ0v) is 12.2. The van der Waals surface area contributed by atoms with Gasteiger partial charge in [-0.15, -0.1) is 0 Å². The number of ketones is 1. The first-order chi connectivity index (χ1) is 9.16. The summed E-state index contributed by atoms with van der Waals surface area (Å²) >= 11 is 0.